The van der Waals surface area contributed by atoms with Crippen LogP contribution in [0.5, 0.6) is 11.5 Å². The normalized spacial score (nSPS) is 33.2. The molecule has 0 aromatic heterocycles. The maximum Gasteiger partial charge on any atom is 0.304 e. The smallest absolute Gasteiger partial charge is 0.304 e. The Kier molecular flexibility index (Phi) is 5.58. The first kappa shape index (κ1) is 24.5. The number of methoxy groups -OCH3 is 2. The molecule has 2 bridgehead atoms. The highest BCUT2D eigenvalue weighted by atomic mass is 16.7. The zero-order valence-corrected chi connectivity index (χ0v) is 20.9. The van der Waals surface area contributed by atoms with Crippen LogP contribution >= 0.6 is 0 Å². The largest absolute Gasteiger partial charge is 0.511 e. The predicted molar refractivity (Wildman–Crippen MR) is 125 cm³/mol. The van der Waals surface area contributed by atoms with E-state index in [0.717, 1.165) is 0 Å². The third-order valence-corrected chi connectivity index (χ3v) is 7.98. The summed E-state index contributed by atoms with van der Waals surface area (Å²) in [6, 6.07) is 3.27. The van der Waals surface area contributed by atoms with Gasteiger partial charge >= 0.3 is 5.97 Å². The van der Waals surface area contributed by atoms with Gasteiger partial charge in [-0.1, -0.05) is 6.07 Å². The van der Waals surface area contributed by atoms with Crippen LogP contribution in [-0.4, -0.2) is 85.2 Å². The van der Waals surface area contributed by atoms with E-state index >= 15 is 0 Å². The summed E-state index contributed by atoms with van der Waals surface area (Å²) in [6.45, 7) is 3.43. The number of hydrogen-bond donors (Lipinski definition) is 2. The molecule has 11 heteroatoms. The summed E-state index contributed by atoms with van der Waals surface area (Å²) in [5.41, 5.74) is -3.11. The molecular weight excluding hydrogens is 472 g/mol. The Labute approximate surface area is 208 Å². The number of Topliss-reactive ketones (excluding diaryl/α,β-unsaturated/α-hetero) is 1. The molecule has 4 aliphatic heterocycles. The maximum atomic E-state index is 13.9. The second-order valence-corrected chi connectivity index (χ2v) is 9.76. The Morgan fingerprint density at radius 1 is 1.19 bits per heavy atom. The van der Waals surface area contributed by atoms with Gasteiger partial charge in [-0.15, -0.1) is 0 Å². The lowest BCUT2D eigenvalue weighted by atomic mass is 9.59. The summed E-state index contributed by atoms with van der Waals surface area (Å²) in [6.07, 6.45) is -2.56. The molecule has 1 aliphatic carbocycles. The number of aliphatic hydroxyl groups is 2. The van der Waals surface area contributed by atoms with E-state index in [1.54, 1.807) is 12.1 Å². The minimum Gasteiger partial charge on any atom is -0.511 e. The molecule has 1 saturated heterocycles. The van der Waals surface area contributed by atoms with Crippen molar-refractivity contribution in [3.63, 3.8) is 0 Å². The second-order valence-electron chi connectivity index (χ2n) is 9.76. The SMILES string of the molecule is COc1ccc2c3c1O[C@H](OC)C(=O)N3[C@]1(OC(C)=O)[C@H](O)[C@H]3CCN(C)CC[C@@]21C(O)=C3C(C)=O. The molecule has 1 aromatic rings. The van der Waals surface area contributed by atoms with Gasteiger partial charge in [-0.2, -0.15) is 0 Å². The third-order valence-electron chi connectivity index (χ3n) is 7.98. The average molecular weight is 503 g/mol. The van der Waals surface area contributed by atoms with E-state index < -0.39 is 47.1 Å². The van der Waals surface area contributed by atoms with Crippen molar-refractivity contribution in [1.82, 2.24) is 4.90 Å². The number of ether oxygens (including phenoxy) is 4. The number of benzene rings is 1. The summed E-state index contributed by atoms with van der Waals surface area (Å²) in [5.74, 6) is -2.68. The van der Waals surface area contributed by atoms with Gasteiger partial charge in [0, 0.05) is 31.1 Å². The highest BCUT2D eigenvalue weighted by molar-refractivity contribution is 6.06. The number of ketones is 1. The molecule has 1 aromatic carbocycles. The van der Waals surface area contributed by atoms with Gasteiger partial charge in [0.05, 0.1) is 12.8 Å². The van der Waals surface area contributed by atoms with Crippen LogP contribution in [0.2, 0.25) is 0 Å². The quantitative estimate of drug-likeness (QED) is 0.575. The van der Waals surface area contributed by atoms with E-state index in [9.17, 15) is 24.6 Å². The minimum atomic E-state index is -2.10. The topological polar surface area (TPSA) is 135 Å². The maximum absolute atomic E-state index is 13.9. The van der Waals surface area contributed by atoms with Gasteiger partial charge in [0.15, 0.2) is 17.3 Å². The minimum absolute atomic E-state index is 0.0710. The van der Waals surface area contributed by atoms with E-state index in [-0.39, 0.29) is 41.4 Å². The Morgan fingerprint density at radius 2 is 1.92 bits per heavy atom. The molecule has 1 spiro atoms. The number of carbonyl (C=O) groups is 3. The first-order chi connectivity index (χ1) is 17.1. The second kappa shape index (κ2) is 8.19. The predicted octanol–water partition coefficient (Wildman–Crippen LogP) is 1.02. The fourth-order valence-corrected chi connectivity index (χ4v) is 6.55. The Bertz CT molecular complexity index is 1200. The van der Waals surface area contributed by atoms with Gasteiger partial charge in [-0.3, -0.25) is 19.3 Å². The number of carbonyl (C=O) groups excluding carboxylic acids is 3. The standard InChI is InChI=1S/C25H30N2O9/c1-12(28)17-14-8-10-26(3)11-9-24(21(17)31)15-6-7-16(33-4)19-18(15)27(22(32)23(34-5)35-19)25(24,20(14)30)36-13(2)29/h6-7,14,20,23,30-31H,8-11H2,1-5H3/t14-,20+,23-,24-,25-/m0/s1. The molecule has 1 amide bonds. The van der Waals surface area contributed by atoms with Gasteiger partial charge in [-0.25, -0.2) is 0 Å². The van der Waals surface area contributed by atoms with Crippen molar-refractivity contribution < 1.29 is 43.5 Å². The van der Waals surface area contributed by atoms with E-state index in [4.69, 9.17) is 18.9 Å². The highest BCUT2D eigenvalue weighted by Crippen LogP contribution is 2.67. The van der Waals surface area contributed by atoms with Crippen molar-refractivity contribution in [3.8, 4) is 11.5 Å². The van der Waals surface area contributed by atoms with Crippen LogP contribution in [0, 0.1) is 5.92 Å². The summed E-state index contributed by atoms with van der Waals surface area (Å²) >= 11 is 0. The third kappa shape index (κ3) is 2.81. The first-order valence-corrected chi connectivity index (χ1v) is 11.8. The number of esters is 1. The lowest BCUT2D eigenvalue weighted by Crippen LogP contribution is -2.74. The zero-order valence-electron chi connectivity index (χ0n) is 20.9. The molecule has 0 radical (unpaired) electrons. The number of nitrogens with zero attached hydrogens (tertiary/aromatic N) is 2. The van der Waals surface area contributed by atoms with Crippen LogP contribution in [0.4, 0.5) is 5.69 Å². The van der Waals surface area contributed by atoms with E-state index in [0.29, 0.717) is 18.7 Å². The molecule has 0 saturated carbocycles. The molecule has 5 atom stereocenters. The van der Waals surface area contributed by atoms with Gasteiger partial charge in [0.1, 0.15) is 17.3 Å². The Hall–Kier alpha value is -3.15. The number of aliphatic hydroxyl groups excluding tert-OH is 2. The van der Waals surface area contributed by atoms with Crippen molar-refractivity contribution in [2.24, 2.45) is 5.92 Å². The van der Waals surface area contributed by atoms with Crippen molar-refractivity contribution in [2.75, 3.05) is 39.3 Å². The summed E-state index contributed by atoms with van der Waals surface area (Å²) < 4.78 is 22.7. The summed E-state index contributed by atoms with van der Waals surface area (Å²) in [5, 5.41) is 24.1. The van der Waals surface area contributed by atoms with Crippen LogP contribution in [0.25, 0.3) is 0 Å². The molecule has 0 unspecified atom stereocenters. The number of hydrogen-bond acceptors (Lipinski definition) is 10. The fourth-order valence-electron chi connectivity index (χ4n) is 6.55. The number of amides is 1. The van der Waals surface area contributed by atoms with Crippen LogP contribution in [0.3, 0.4) is 0 Å². The zero-order chi connectivity index (χ0) is 26.2. The number of fused-ring (bicyclic) bond motifs is 4. The van der Waals surface area contributed by atoms with Gasteiger partial charge in [0.25, 0.3) is 12.2 Å². The number of anilines is 1. The van der Waals surface area contributed by atoms with E-state index in [1.165, 1.54) is 33.0 Å². The molecule has 5 aliphatic rings. The molecule has 2 N–H and O–H groups in total. The van der Waals surface area contributed by atoms with Gasteiger partial charge in [0.2, 0.25) is 5.72 Å². The van der Waals surface area contributed by atoms with Crippen molar-refractivity contribution in [2.45, 2.75) is 50.2 Å². The monoisotopic (exact) mass is 502 g/mol. The Balaban J connectivity index is 1.97. The molecule has 1 fully saturated rings. The number of rotatable bonds is 4. The van der Waals surface area contributed by atoms with Crippen LogP contribution in [0.15, 0.2) is 23.5 Å². The molecular formula is C25H30N2O9. The van der Waals surface area contributed by atoms with Crippen molar-refractivity contribution >= 4 is 23.3 Å². The lowest BCUT2D eigenvalue weighted by molar-refractivity contribution is -0.200. The fraction of sp³-hybridized carbons (Fsp3) is 0.560. The molecule has 4 heterocycles. The summed E-state index contributed by atoms with van der Waals surface area (Å²) in [4.78, 5) is 42.7. The first-order valence-electron chi connectivity index (χ1n) is 11.8. The van der Waals surface area contributed by atoms with Crippen LogP contribution in [0.1, 0.15) is 32.3 Å². The molecule has 36 heavy (non-hydrogen) atoms. The Morgan fingerprint density at radius 3 is 2.53 bits per heavy atom. The van der Waals surface area contributed by atoms with E-state index in [1.807, 2.05) is 11.9 Å². The molecule has 194 valence electrons. The van der Waals surface area contributed by atoms with E-state index in [2.05, 4.69) is 0 Å². The van der Waals surface area contributed by atoms with Crippen molar-refractivity contribution in [3.05, 3.63) is 29.0 Å². The molecule has 11 nitrogen and oxygen atoms in total. The van der Waals surface area contributed by atoms with Crippen LogP contribution < -0.4 is 14.4 Å². The highest BCUT2D eigenvalue weighted by Gasteiger charge is 2.77. The van der Waals surface area contributed by atoms with Crippen molar-refractivity contribution in [1.29, 1.82) is 0 Å². The van der Waals surface area contributed by atoms with Gasteiger partial charge in [-0.05, 0) is 46.0 Å². The summed E-state index contributed by atoms with van der Waals surface area (Å²) in [7, 11) is 4.62. The average Bonchev–Trinajstić information content (AvgIpc) is 3.12. The molecule has 6 rings (SSSR count). The van der Waals surface area contributed by atoms with Crippen LogP contribution in [-0.2, 0) is 29.3 Å². The lowest BCUT2D eigenvalue weighted by Gasteiger charge is -2.55. The van der Waals surface area contributed by atoms with Gasteiger partial charge < -0.3 is 34.1 Å².